The maximum atomic E-state index is 13.0. The van der Waals surface area contributed by atoms with E-state index in [2.05, 4.69) is 0 Å². The van der Waals surface area contributed by atoms with Gasteiger partial charge >= 0.3 is 5.97 Å². The van der Waals surface area contributed by atoms with Crippen molar-refractivity contribution in [3.63, 3.8) is 0 Å². The summed E-state index contributed by atoms with van der Waals surface area (Å²) in [6.45, 7) is 5.75. The molecule has 0 N–H and O–H groups in total. The first kappa shape index (κ1) is 23.9. The van der Waals surface area contributed by atoms with E-state index < -0.39 is 11.4 Å². The Morgan fingerprint density at radius 2 is 1.84 bits per heavy atom. The van der Waals surface area contributed by atoms with Crippen LogP contribution in [0.3, 0.4) is 0 Å². The van der Waals surface area contributed by atoms with Gasteiger partial charge in [0.2, 0.25) is 5.91 Å². The number of amides is 1. The largest absolute Gasteiger partial charge is 0.497 e. The van der Waals surface area contributed by atoms with Gasteiger partial charge in [0.05, 0.1) is 18.4 Å². The van der Waals surface area contributed by atoms with Crippen LogP contribution in [0.25, 0.3) is 0 Å². The summed E-state index contributed by atoms with van der Waals surface area (Å²) in [6.07, 6.45) is 1.80. The number of thioether (sulfide) groups is 1. The topological polar surface area (TPSA) is 72.9 Å². The molecule has 1 aliphatic rings. The van der Waals surface area contributed by atoms with Crippen LogP contribution in [0.2, 0.25) is 0 Å². The average molecular weight is 456 g/mol. The summed E-state index contributed by atoms with van der Waals surface area (Å²) in [5, 5.41) is 0. The summed E-state index contributed by atoms with van der Waals surface area (Å²) >= 11 is 1.30. The Bertz CT molecular complexity index is 1010. The summed E-state index contributed by atoms with van der Waals surface area (Å²) in [4.78, 5) is 40.1. The zero-order valence-corrected chi connectivity index (χ0v) is 19.8. The van der Waals surface area contributed by atoms with Crippen molar-refractivity contribution in [3.05, 3.63) is 53.6 Å². The van der Waals surface area contributed by atoms with Crippen LogP contribution in [0, 0.1) is 5.41 Å². The van der Waals surface area contributed by atoms with Crippen molar-refractivity contribution in [1.82, 2.24) is 0 Å². The molecule has 0 saturated carbocycles. The number of nitrogens with zero attached hydrogens (tertiary/aromatic N) is 1. The summed E-state index contributed by atoms with van der Waals surface area (Å²) in [5.74, 6) is 0.244. The molecule has 1 amide bonds. The number of methoxy groups -OCH3 is 1. The van der Waals surface area contributed by atoms with E-state index >= 15 is 0 Å². The van der Waals surface area contributed by atoms with Gasteiger partial charge < -0.3 is 14.4 Å². The van der Waals surface area contributed by atoms with E-state index in [1.54, 1.807) is 51.0 Å². The number of fused-ring (bicyclic) bond motifs is 1. The minimum atomic E-state index is -0.574. The number of carbonyl (C=O) groups excluding carboxylic acids is 3. The fourth-order valence-corrected chi connectivity index (χ4v) is 4.28. The van der Waals surface area contributed by atoms with Crippen LogP contribution in [0.15, 0.2) is 47.4 Å². The van der Waals surface area contributed by atoms with Gasteiger partial charge in [-0.05, 0) is 48.7 Å². The third-order valence-corrected chi connectivity index (χ3v) is 6.39. The van der Waals surface area contributed by atoms with Crippen LogP contribution >= 0.6 is 11.8 Å². The Hall–Kier alpha value is -2.80. The number of ketones is 1. The van der Waals surface area contributed by atoms with Crippen LogP contribution in [0.4, 0.5) is 5.69 Å². The molecule has 32 heavy (non-hydrogen) atoms. The number of hydrogen-bond donors (Lipinski definition) is 0. The van der Waals surface area contributed by atoms with Crippen molar-refractivity contribution in [2.75, 3.05) is 30.9 Å². The smallest absolute Gasteiger partial charge is 0.339 e. The number of hydrogen-bond acceptors (Lipinski definition) is 6. The normalized spacial score (nSPS) is 13.3. The number of benzene rings is 2. The monoisotopic (exact) mass is 455 g/mol. The van der Waals surface area contributed by atoms with E-state index in [0.29, 0.717) is 17.0 Å². The molecule has 7 heteroatoms. The highest BCUT2D eigenvalue weighted by Crippen LogP contribution is 2.32. The highest BCUT2D eigenvalue weighted by molar-refractivity contribution is 8.00. The second-order valence-electron chi connectivity index (χ2n) is 8.68. The van der Waals surface area contributed by atoms with Gasteiger partial charge in [0.15, 0.2) is 12.4 Å². The number of aryl methyl sites for hydroxylation is 1. The Morgan fingerprint density at radius 1 is 1.09 bits per heavy atom. The van der Waals surface area contributed by atoms with E-state index in [0.717, 1.165) is 29.8 Å². The first-order valence-corrected chi connectivity index (χ1v) is 11.6. The minimum absolute atomic E-state index is 0.0211. The van der Waals surface area contributed by atoms with Crippen molar-refractivity contribution in [2.45, 2.75) is 38.5 Å². The molecular formula is C25H29NO5S. The number of rotatable bonds is 7. The SMILES string of the molecule is COc1ccc2c(c1)CCCN2C(=O)CSc1ccccc1C(=O)OCC(=O)C(C)(C)C. The van der Waals surface area contributed by atoms with E-state index in [9.17, 15) is 14.4 Å². The van der Waals surface area contributed by atoms with Gasteiger partial charge in [0.25, 0.3) is 0 Å². The molecule has 1 heterocycles. The van der Waals surface area contributed by atoms with Crippen LogP contribution in [-0.4, -0.2) is 43.7 Å². The first-order valence-electron chi connectivity index (χ1n) is 10.6. The first-order chi connectivity index (χ1) is 15.2. The zero-order chi connectivity index (χ0) is 23.3. The van der Waals surface area contributed by atoms with Crippen LogP contribution in [0.5, 0.6) is 5.75 Å². The maximum Gasteiger partial charge on any atom is 0.339 e. The van der Waals surface area contributed by atoms with Crippen molar-refractivity contribution >= 4 is 35.1 Å². The molecule has 0 fully saturated rings. The molecule has 3 rings (SSSR count). The van der Waals surface area contributed by atoms with Gasteiger partial charge in [-0.3, -0.25) is 9.59 Å². The molecule has 1 aliphatic heterocycles. The maximum absolute atomic E-state index is 13.0. The predicted molar refractivity (Wildman–Crippen MR) is 126 cm³/mol. The molecule has 170 valence electrons. The number of Topliss-reactive ketones (excluding diaryl/α,β-unsaturated/α-hetero) is 1. The second kappa shape index (κ2) is 10.2. The van der Waals surface area contributed by atoms with Gasteiger partial charge in [-0.15, -0.1) is 11.8 Å². The molecule has 2 aromatic rings. The Kier molecular flexibility index (Phi) is 7.61. The van der Waals surface area contributed by atoms with Gasteiger partial charge in [0.1, 0.15) is 5.75 Å². The number of ether oxygens (including phenoxy) is 2. The van der Waals surface area contributed by atoms with E-state index in [1.807, 2.05) is 24.3 Å². The molecule has 0 aliphatic carbocycles. The summed E-state index contributed by atoms with van der Waals surface area (Å²) in [6, 6.07) is 12.8. The standard InChI is InChI=1S/C25H29NO5S/c1-25(2,3)22(27)15-31-24(29)19-9-5-6-10-21(19)32-16-23(28)26-13-7-8-17-14-18(30-4)11-12-20(17)26/h5-6,9-12,14H,7-8,13,15-16H2,1-4H3. The molecule has 0 aromatic heterocycles. The molecule has 0 atom stereocenters. The Labute approximate surface area is 193 Å². The van der Waals surface area contributed by atoms with Crippen molar-refractivity contribution < 1.29 is 23.9 Å². The van der Waals surface area contributed by atoms with E-state index in [1.165, 1.54) is 11.8 Å². The molecular weight excluding hydrogens is 426 g/mol. The van der Waals surface area contributed by atoms with Crippen molar-refractivity contribution in [3.8, 4) is 5.75 Å². The molecule has 0 unspecified atom stereocenters. The van der Waals surface area contributed by atoms with Crippen molar-refractivity contribution in [1.29, 1.82) is 0 Å². The minimum Gasteiger partial charge on any atom is -0.497 e. The lowest BCUT2D eigenvalue weighted by Gasteiger charge is -2.29. The lowest BCUT2D eigenvalue weighted by atomic mass is 9.91. The average Bonchev–Trinajstić information content (AvgIpc) is 2.79. The molecule has 6 nitrogen and oxygen atoms in total. The summed E-state index contributed by atoms with van der Waals surface area (Å²) < 4.78 is 10.5. The van der Waals surface area contributed by atoms with Crippen LogP contribution in [-0.2, 0) is 20.7 Å². The fraction of sp³-hybridized carbons (Fsp3) is 0.400. The fourth-order valence-electron chi connectivity index (χ4n) is 3.36. The van der Waals surface area contributed by atoms with Crippen molar-refractivity contribution in [2.24, 2.45) is 5.41 Å². The lowest BCUT2D eigenvalue weighted by Crippen LogP contribution is -2.36. The Balaban J connectivity index is 1.66. The number of esters is 1. The number of carbonyl (C=O) groups is 3. The summed E-state index contributed by atoms with van der Waals surface area (Å²) in [7, 11) is 1.63. The molecule has 2 aromatic carbocycles. The summed E-state index contributed by atoms with van der Waals surface area (Å²) in [5.41, 5.74) is 1.80. The highest BCUT2D eigenvalue weighted by atomic mass is 32.2. The van der Waals surface area contributed by atoms with Crippen LogP contribution in [0.1, 0.15) is 43.1 Å². The highest BCUT2D eigenvalue weighted by Gasteiger charge is 2.25. The molecule has 0 saturated heterocycles. The van der Waals surface area contributed by atoms with Gasteiger partial charge in [-0.2, -0.15) is 0 Å². The third kappa shape index (κ3) is 5.71. The quantitative estimate of drug-likeness (QED) is 0.451. The third-order valence-electron chi connectivity index (χ3n) is 5.34. The van der Waals surface area contributed by atoms with Gasteiger partial charge in [0, 0.05) is 22.5 Å². The van der Waals surface area contributed by atoms with Gasteiger partial charge in [-0.1, -0.05) is 32.9 Å². The lowest BCUT2D eigenvalue weighted by molar-refractivity contribution is -0.129. The predicted octanol–water partition coefficient (Wildman–Crippen LogP) is 4.54. The number of anilines is 1. The van der Waals surface area contributed by atoms with Crippen LogP contribution < -0.4 is 9.64 Å². The van der Waals surface area contributed by atoms with E-state index in [4.69, 9.17) is 9.47 Å². The Morgan fingerprint density at radius 3 is 2.56 bits per heavy atom. The van der Waals surface area contributed by atoms with Gasteiger partial charge in [-0.25, -0.2) is 4.79 Å². The second-order valence-corrected chi connectivity index (χ2v) is 9.69. The molecule has 0 bridgehead atoms. The van der Waals surface area contributed by atoms with E-state index in [-0.39, 0.29) is 24.1 Å². The molecule has 0 radical (unpaired) electrons. The molecule has 0 spiro atoms. The zero-order valence-electron chi connectivity index (χ0n) is 19.0.